The number of aromatic nitrogens is 4. The lowest BCUT2D eigenvalue weighted by Crippen LogP contribution is -2.45. The van der Waals surface area contributed by atoms with Crippen molar-refractivity contribution in [1.29, 1.82) is 0 Å². The van der Waals surface area contributed by atoms with E-state index in [4.69, 9.17) is 4.98 Å². The van der Waals surface area contributed by atoms with Gasteiger partial charge in [0.15, 0.2) is 0 Å². The van der Waals surface area contributed by atoms with Gasteiger partial charge in [-0.1, -0.05) is 0 Å². The largest absolute Gasteiger partial charge is 0.281 e. The first kappa shape index (κ1) is 19.9. The third-order valence-electron chi connectivity index (χ3n) is 4.87. The molecule has 0 radical (unpaired) electrons. The Hall–Kier alpha value is -1.84. The van der Waals surface area contributed by atoms with Gasteiger partial charge in [-0.15, -0.1) is 0 Å². The molecule has 1 aliphatic heterocycles. The first-order valence-corrected chi connectivity index (χ1v) is 10.7. The van der Waals surface area contributed by atoms with Crippen molar-refractivity contribution in [3.63, 3.8) is 0 Å². The van der Waals surface area contributed by atoms with Crippen molar-refractivity contribution in [3.8, 4) is 11.4 Å². The van der Waals surface area contributed by atoms with Gasteiger partial charge in [-0.2, -0.15) is 22.1 Å². The maximum Gasteiger partial charge on any atom is 0.281 e. The summed E-state index contributed by atoms with van der Waals surface area (Å²) in [4.78, 5) is 9.13. The molecule has 0 aromatic carbocycles. The summed E-state index contributed by atoms with van der Waals surface area (Å²) in [6.07, 6.45) is 7.88. The highest BCUT2D eigenvalue weighted by Crippen LogP contribution is 2.24. The smallest absolute Gasteiger partial charge is 0.261 e. The topological polar surface area (TPSA) is 84.2 Å². The molecule has 1 aliphatic rings. The molecule has 27 heavy (non-hydrogen) atoms. The highest BCUT2D eigenvalue weighted by Gasteiger charge is 2.30. The van der Waals surface area contributed by atoms with Gasteiger partial charge in [0.25, 0.3) is 10.2 Å². The Bertz CT molecular complexity index is 877. The zero-order chi connectivity index (χ0) is 19.6. The summed E-state index contributed by atoms with van der Waals surface area (Å²) in [6.45, 7) is 5.26. The molecule has 0 aliphatic carbocycles. The minimum Gasteiger partial charge on any atom is -0.261 e. The summed E-state index contributed by atoms with van der Waals surface area (Å²) in [6, 6.07) is 2.18. The number of piperidine rings is 1. The van der Waals surface area contributed by atoms with Gasteiger partial charge >= 0.3 is 0 Å². The average Bonchev–Trinajstić information content (AvgIpc) is 3.12. The Kier molecular flexibility index (Phi) is 5.92. The molecule has 9 heteroatoms. The van der Waals surface area contributed by atoms with Crippen molar-refractivity contribution in [2.75, 3.05) is 27.2 Å². The molecule has 0 unspecified atom stereocenters. The second-order valence-electron chi connectivity index (χ2n) is 7.51. The fraction of sp³-hybridized carbons (Fsp3) is 0.611. The van der Waals surface area contributed by atoms with Crippen LogP contribution in [0.4, 0.5) is 0 Å². The lowest BCUT2D eigenvalue weighted by molar-refractivity contribution is 0.253. The van der Waals surface area contributed by atoms with Crippen molar-refractivity contribution < 1.29 is 8.42 Å². The zero-order valence-electron chi connectivity index (χ0n) is 16.4. The average molecular weight is 393 g/mol. The molecule has 8 nitrogen and oxygen atoms in total. The van der Waals surface area contributed by atoms with Gasteiger partial charge in [-0.3, -0.25) is 9.67 Å². The Balaban J connectivity index is 1.76. The van der Waals surface area contributed by atoms with Crippen LogP contribution in [0.25, 0.3) is 11.4 Å². The quantitative estimate of drug-likeness (QED) is 0.750. The van der Waals surface area contributed by atoms with E-state index in [1.807, 2.05) is 10.7 Å². The van der Waals surface area contributed by atoms with Crippen LogP contribution in [0.2, 0.25) is 0 Å². The van der Waals surface area contributed by atoms with Crippen LogP contribution >= 0.6 is 0 Å². The Morgan fingerprint density at radius 1 is 1.30 bits per heavy atom. The van der Waals surface area contributed by atoms with Crippen molar-refractivity contribution >= 4 is 10.2 Å². The Morgan fingerprint density at radius 2 is 2.07 bits per heavy atom. The molecule has 1 fully saturated rings. The van der Waals surface area contributed by atoms with E-state index < -0.39 is 10.2 Å². The highest BCUT2D eigenvalue weighted by atomic mass is 32.2. The highest BCUT2D eigenvalue weighted by molar-refractivity contribution is 7.86. The first-order valence-electron chi connectivity index (χ1n) is 9.31. The van der Waals surface area contributed by atoms with Crippen LogP contribution in [0, 0.1) is 5.92 Å². The maximum atomic E-state index is 12.4. The van der Waals surface area contributed by atoms with E-state index in [9.17, 15) is 8.42 Å². The second kappa shape index (κ2) is 8.04. The summed E-state index contributed by atoms with van der Waals surface area (Å²) in [5.74, 6) is 0.244. The molecule has 148 valence electrons. The molecular weight excluding hydrogens is 364 g/mol. The van der Waals surface area contributed by atoms with Gasteiger partial charge < -0.3 is 0 Å². The molecule has 3 heterocycles. The fourth-order valence-corrected chi connectivity index (χ4v) is 4.71. The number of hydrogen-bond acceptors (Lipinski definition) is 5. The van der Waals surface area contributed by atoms with E-state index in [0.717, 1.165) is 36.3 Å². The molecule has 2 aromatic rings. The lowest BCUT2D eigenvalue weighted by Gasteiger charge is -2.33. The van der Waals surface area contributed by atoms with E-state index >= 15 is 0 Å². The predicted molar refractivity (Wildman–Crippen MR) is 104 cm³/mol. The molecule has 0 spiro atoms. The van der Waals surface area contributed by atoms with Crippen LogP contribution in [0.1, 0.15) is 38.4 Å². The number of nitrogens with zero attached hydrogens (tertiary/aromatic N) is 6. The summed E-state index contributed by atoms with van der Waals surface area (Å²) < 4.78 is 29.6. The molecule has 0 saturated carbocycles. The van der Waals surface area contributed by atoms with Gasteiger partial charge in [0.1, 0.15) is 5.69 Å². The SMILES string of the molecule is CC(C)n1nccc1-c1cncc(C[C@H]2CCCN(S(=O)(=O)N(C)C)C2)n1. The van der Waals surface area contributed by atoms with E-state index in [2.05, 4.69) is 23.9 Å². The van der Waals surface area contributed by atoms with Gasteiger partial charge in [0.05, 0.1) is 17.6 Å². The Labute approximate surface area is 161 Å². The summed E-state index contributed by atoms with van der Waals surface area (Å²) in [5, 5.41) is 4.36. The van der Waals surface area contributed by atoms with Crippen LogP contribution < -0.4 is 0 Å². The summed E-state index contributed by atoms with van der Waals surface area (Å²) in [5.41, 5.74) is 2.63. The van der Waals surface area contributed by atoms with E-state index in [0.29, 0.717) is 13.1 Å². The van der Waals surface area contributed by atoms with Gasteiger partial charge in [0, 0.05) is 45.6 Å². The van der Waals surface area contributed by atoms with Crippen LogP contribution in [-0.2, 0) is 16.6 Å². The van der Waals surface area contributed by atoms with Crippen LogP contribution in [0.15, 0.2) is 24.7 Å². The normalized spacial score (nSPS) is 19.1. The molecule has 0 bridgehead atoms. The lowest BCUT2D eigenvalue weighted by atomic mass is 9.95. The van der Waals surface area contributed by atoms with E-state index in [1.165, 1.54) is 4.31 Å². The minimum atomic E-state index is -3.36. The Morgan fingerprint density at radius 3 is 2.78 bits per heavy atom. The summed E-state index contributed by atoms with van der Waals surface area (Å²) >= 11 is 0. The molecule has 1 atom stereocenters. The van der Waals surface area contributed by atoms with Crippen LogP contribution in [-0.4, -0.2) is 64.0 Å². The number of rotatable bonds is 6. The van der Waals surface area contributed by atoms with Crippen LogP contribution in [0.3, 0.4) is 0 Å². The maximum absolute atomic E-state index is 12.4. The molecule has 0 N–H and O–H groups in total. The van der Waals surface area contributed by atoms with Crippen molar-refractivity contribution in [2.45, 2.75) is 39.2 Å². The van der Waals surface area contributed by atoms with E-state index in [-0.39, 0.29) is 12.0 Å². The molecular formula is C18H28N6O2S. The standard InChI is InChI=1S/C18H28N6O2S/c1-14(2)24-18(7-8-20-24)17-12-19-11-16(21-17)10-15-6-5-9-23(13-15)27(25,26)22(3)4/h7-8,11-12,14-15H,5-6,9-10,13H2,1-4H3/t15-/m1/s1. The van der Waals surface area contributed by atoms with Crippen molar-refractivity contribution in [2.24, 2.45) is 5.92 Å². The molecule has 3 rings (SSSR count). The molecule has 1 saturated heterocycles. The molecule has 2 aromatic heterocycles. The predicted octanol–water partition coefficient (Wildman–Crippen LogP) is 1.98. The van der Waals surface area contributed by atoms with Gasteiger partial charge in [-0.05, 0) is 45.1 Å². The van der Waals surface area contributed by atoms with Crippen molar-refractivity contribution in [1.82, 2.24) is 28.4 Å². The number of hydrogen-bond donors (Lipinski definition) is 0. The third kappa shape index (κ3) is 4.36. The van der Waals surface area contributed by atoms with Crippen LogP contribution in [0.5, 0.6) is 0 Å². The zero-order valence-corrected chi connectivity index (χ0v) is 17.2. The fourth-order valence-electron chi connectivity index (χ4n) is 3.49. The second-order valence-corrected chi connectivity index (χ2v) is 9.65. The van der Waals surface area contributed by atoms with Crippen molar-refractivity contribution in [3.05, 3.63) is 30.4 Å². The van der Waals surface area contributed by atoms with Gasteiger partial charge in [-0.25, -0.2) is 4.98 Å². The molecule has 0 amide bonds. The monoisotopic (exact) mass is 392 g/mol. The van der Waals surface area contributed by atoms with Gasteiger partial charge in [0.2, 0.25) is 0 Å². The minimum absolute atomic E-state index is 0.239. The third-order valence-corrected chi connectivity index (χ3v) is 6.78. The first-order chi connectivity index (χ1) is 12.8. The van der Waals surface area contributed by atoms with E-state index in [1.54, 1.807) is 37.0 Å². The summed E-state index contributed by atoms with van der Waals surface area (Å²) in [7, 11) is -0.215.